The normalized spacial score (nSPS) is 11.0. The molecule has 0 fully saturated rings. The predicted octanol–water partition coefficient (Wildman–Crippen LogP) is -0.949. The summed E-state index contributed by atoms with van der Waals surface area (Å²) in [7, 11) is 0. The first-order chi connectivity index (χ1) is 7.22. The fourth-order valence-electron chi connectivity index (χ4n) is 1.40. The largest absolute Gasteiger partial charge is 0.369 e. The lowest BCUT2D eigenvalue weighted by Gasteiger charge is -2.01. The van der Waals surface area contributed by atoms with Crippen molar-refractivity contribution in [3.05, 3.63) is 16.7 Å². The molecule has 7 nitrogen and oxygen atoms in total. The Bertz CT molecular complexity index is 527. The van der Waals surface area contributed by atoms with Crippen LogP contribution in [0.4, 0.5) is 5.95 Å². The smallest absolute Gasteiger partial charge is 0.280 e. The van der Waals surface area contributed by atoms with Gasteiger partial charge >= 0.3 is 0 Å². The van der Waals surface area contributed by atoms with E-state index in [9.17, 15) is 4.79 Å². The predicted molar refractivity (Wildman–Crippen MR) is 56.2 cm³/mol. The molecule has 7 heteroatoms. The minimum Gasteiger partial charge on any atom is -0.369 e. The Labute approximate surface area is 85.1 Å². The van der Waals surface area contributed by atoms with Crippen LogP contribution in [0.2, 0.25) is 0 Å². The van der Waals surface area contributed by atoms with Gasteiger partial charge in [-0.15, -0.1) is 0 Å². The zero-order chi connectivity index (χ0) is 10.8. The number of anilines is 1. The Morgan fingerprint density at radius 1 is 1.53 bits per heavy atom. The van der Waals surface area contributed by atoms with Gasteiger partial charge in [0, 0.05) is 6.54 Å². The molecule has 2 heterocycles. The second-order valence-electron chi connectivity index (χ2n) is 3.20. The number of imidazole rings is 1. The van der Waals surface area contributed by atoms with Gasteiger partial charge in [-0.2, -0.15) is 4.98 Å². The molecule has 0 aliphatic carbocycles. The van der Waals surface area contributed by atoms with E-state index >= 15 is 0 Å². The number of hydrogen-bond acceptors (Lipinski definition) is 5. The third kappa shape index (κ3) is 1.68. The lowest BCUT2D eigenvalue weighted by molar-refractivity contribution is 0.661. The van der Waals surface area contributed by atoms with Crippen molar-refractivity contribution in [3.8, 4) is 0 Å². The minimum absolute atomic E-state index is 0.0991. The summed E-state index contributed by atoms with van der Waals surface area (Å²) in [6.07, 6.45) is 2.38. The van der Waals surface area contributed by atoms with Gasteiger partial charge in [-0.25, -0.2) is 4.98 Å². The van der Waals surface area contributed by atoms with Crippen molar-refractivity contribution in [1.29, 1.82) is 0 Å². The summed E-state index contributed by atoms with van der Waals surface area (Å²) in [5.74, 6) is 0.0991. The molecule has 0 saturated carbocycles. The van der Waals surface area contributed by atoms with Gasteiger partial charge in [-0.1, -0.05) is 0 Å². The number of nitrogens with one attached hydrogen (secondary N) is 1. The number of nitrogens with zero attached hydrogens (tertiary/aromatic N) is 3. The first kappa shape index (κ1) is 9.66. The van der Waals surface area contributed by atoms with Gasteiger partial charge < -0.3 is 16.0 Å². The molecule has 80 valence electrons. The van der Waals surface area contributed by atoms with E-state index < -0.39 is 0 Å². The zero-order valence-electron chi connectivity index (χ0n) is 8.10. The van der Waals surface area contributed by atoms with Crippen LogP contribution in [0.25, 0.3) is 11.2 Å². The lowest BCUT2D eigenvalue weighted by atomic mass is 10.4. The molecule has 2 rings (SSSR count). The molecule has 0 saturated heterocycles. The quantitative estimate of drug-likeness (QED) is 0.601. The number of nitrogens with two attached hydrogens (primary N) is 2. The van der Waals surface area contributed by atoms with Crippen molar-refractivity contribution in [3.63, 3.8) is 0 Å². The number of nitrogen functional groups attached to an aromatic ring is 1. The van der Waals surface area contributed by atoms with Gasteiger partial charge in [0.25, 0.3) is 5.56 Å². The van der Waals surface area contributed by atoms with Crippen LogP contribution < -0.4 is 17.0 Å². The molecule has 0 radical (unpaired) electrons. The van der Waals surface area contributed by atoms with Crippen LogP contribution in [0.5, 0.6) is 0 Å². The third-order valence-corrected chi connectivity index (χ3v) is 2.10. The summed E-state index contributed by atoms with van der Waals surface area (Å²) in [5, 5.41) is 0. The average Bonchev–Trinajstić information content (AvgIpc) is 2.58. The number of aromatic nitrogens is 4. The van der Waals surface area contributed by atoms with Crippen LogP contribution in [0.1, 0.15) is 6.42 Å². The monoisotopic (exact) mass is 208 g/mol. The molecule has 0 amide bonds. The van der Waals surface area contributed by atoms with E-state index in [-0.39, 0.29) is 11.5 Å². The summed E-state index contributed by atoms with van der Waals surface area (Å²) in [4.78, 5) is 21.8. The Kier molecular flexibility index (Phi) is 2.38. The van der Waals surface area contributed by atoms with Crippen LogP contribution in [-0.4, -0.2) is 26.1 Å². The summed E-state index contributed by atoms with van der Waals surface area (Å²) in [6, 6.07) is 0. The van der Waals surface area contributed by atoms with Crippen molar-refractivity contribution in [2.24, 2.45) is 5.73 Å². The molecule has 15 heavy (non-hydrogen) atoms. The van der Waals surface area contributed by atoms with E-state index in [2.05, 4.69) is 15.0 Å². The molecule has 5 N–H and O–H groups in total. The Morgan fingerprint density at radius 2 is 2.33 bits per heavy atom. The average molecular weight is 208 g/mol. The molecule has 0 aromatic carbocycles. The van der Waals surface area contributed by atoms with Gasteiger partial charge in [0.15, 0.2) is 11.2 Å². The summed E-state index contributed by atoms with van der Waals surface area (Å²) >= 11 is 0. The van der Waals surface area contributed by atoms with Crippen LogP contribution in [0, 0.1) is 0 Å². The first-order valence-electron chi connectivity index (χ1n) is 4.63. The van der Waals surface area contributed by atoms with Crippen molar-refractivity contribution < 1.29 is 0 Å². The second kappa shape index (κ2) is 3.70. The van der Waals surface area contributed by atoms with Gasteiger partial charge in [0.1, 0.15) is 0 Å². The maximum atomic E-state index is 11.4. The SMILES string of the molecule is NCCCn1cnc2c(=O)[nH]c(N)nc21. The van der Waals surface area contributed by atoms with E-state index in [0.29, 0.717) is 24.3 Å². The lowest BCUT2D eigenvalue weighted by Crippen LogP contribution is -2.12. The van der Waals surface area contributed by atoms with Crippen molar-refractivity contribution in [2.45, 2.75) is 13.0 Å². The van der Waals surface area contributed by atoms with Gasteiger partial charge in [-0.05, 0) is 13.0 Å². The highest BCUT2D eigenvalue weighted by Crippen LogP contribution is 2.06. The molecule has 0 bridgehead atoms. The highest BCUT2D eigenvalue weighted by molar-refractivity contribution is 5.70. The fourth-order valence-corrected chi connectivity index (χ4v) is 1.40. The fraction of sp³-hybridized carbons (Fsp3) is 0.375. The maximum absolute atomic E-state index is 11.4. The number of aryl methyl sites for hydroxylation is 1. The minimum atomic E-state index is -0.316. The van der Waals surface area contributed by atoms with E-state index in [1.165, 1.54) is 0 Å². The highest BCUT2D eigenvalue weighted by atomic mass is 16.1. The van der Waals surface area contributed by atoms with Crippen LogP contribution >= 0.6 is 0 Å². The number of H-pyrrole nitrogens is 1. The van der Waals surface area contributed by atoms with Crippen molar-refractivity contribution in [1.82, 2.24) is 19.5 Å². The Hall–Kier alpha value is -1.89. The Balaban J connectivity index is 2.53. The number of rotatable bonds is 3. The summed E-state index contributed by atoms with van der Waals surface area (Å²) in [5.41, 5.74) is 11.3. The Morgan fingerprint density at radius 3 is 3.07 bits per heavy atom. The number of aromatic amines is 1. The second-order valence-corrected chi connectivity index (χ2v) is 3.20. The van der Waals surface area contributed by atoms with E-state index in [1.54, 1.807) is 10.9 Å². The zero-order valence-corrected chi connectivity index (χ0v) is 8.10. The summed E-state index contributed by atoms with van der Waals surface area (Å²) < 4.78 is 1.77. The molecule has 0 unspecified atom stereocenters. The molecular weight excluding hydrogens is 196 g/mol. The third-order valence-electron chi connectivity index (χ3n) is 2.10. The highest BCUT2D eigenvalue weighted by Gasteiger charge is 2.08. The van der Waals surface area contributed by atoms with E-state index in [4.69, 9.17) is 11.5 Å². The van der Waals surface area contributed by atoms with Gasteiger partial charge in [0.2, 0.25) is 5.95 Å². The molecule has 2 aromatic rings. The molecule has 2 aromatic heterocycles. The van der Waals surface area contributed by atoms with E-state index in [0.717, 1.165) is 6.42 Å². The number of hydrogen-bond donors (Lipinski definition) is 3. The molecule has 0 aliphatic heterocycles. The summed E-state index contributed by atoms with van der Waals surface area (Å²) in [6.45, 7) is 1.27. The van der Waals surface area contributed by atoms with Crippen molar-refractivity contribution >= 4 is 17.1 Å². The van der Waals surface area contributed by atoms with Crippen molar-refractivity contribution in [2.75, 3.05) is 12.3 Å². The molecular formula is C8H12N6O. The van der Waals surface area contributed by atoms with Crippen LogP contribution in [-0.2, 0) is 6.54 Å². The standard InChI is InChI=1S/C8H12N6O/c9-2-1-3-14-4-11-5-6(14)12-8(10)13-7(5)15/h4H,1-3,9H2,(H3,10,12,13,15). The molecule has 0 atom stereocenters. The van der Waals surface area contributed by atoms with Gasteiger partial charge in [-0.3, -0.25) is 9.78 Å². The number of fused-ring (bicyclic) bond motifs is 1. The maximum Gasteiger partial charge on any atom is 0.280 e. The topological polar surface area (TPSA) is 116 Å². The van der Waals surface area contributed by atoms with E-state index in [1.807, 2.05) is 0 Å². The van der Waals surface area contributed by atoms with Gasteiger partial charge in [0.05, 0.1) is 6.33 Å². The van der Waals surface area contributed by atoms with Crippen LogP contribution in [0.3, 0.4) is 0 Å². The molecule has 0 aliphatic rings. The van der Waals surface area contributed by atoms with Crippen LogP contribution in [0.15, 0.2) is 11.1 Å². The molecule has 0 spiro atoms. The first-order valence-corrected chi connectivity index (χ1v) is 4.63.